The minimum atomic E-state index is -0.490. The summed E-state index contributed by atoms with van der Waals surface area (Å²) in [6.45, 7) is 6.18. The highest BCUT2D eigenvalue weighted by molar-refractivity contribution is 6.32. The number of halogens is 1. The summed E-state index contributed by atoms with van der Waals surface area (Å²) < 4.78 is 5.57. The summed E-state index contributed by atoms with van der Waals surface area (Å²) in [6, 6.07) is 7.29. The van der Waals surface area contributed by atoms with Gasteiger partial charge in [-0.2, -0.15) is 0 Å². The van der Waals surface area contributed by atoms with Gasteiger partial charge in [0.25, 0.3) is 0 Å². The molecule has 0 aromatic heterocycles. The Kier molecular flexibility index (Phi) is 6.73. The van der Waals surface area contributed by atoms with Crippen LogP contribution in [0.1, 0.15) is 0 Å². The number of aliphatic hydroxyl groups is 2. The van der Waals surface area contributed by atoms with E-state index in [1.165, 1.54) is 9.80 Å². The quantitative estimate of drug-likeness (QED) is 0.464. The first kappa shape index (κ1) is 16.5. The summed E-state index contributed by atoms with van der Waals surface area (Å²) in [6.07, 6.45) is -0.490. The van der Waals surface area contributed by atoms with Crippen LogP contribution in [0.2, 0.25) is 5.02 Å². The van der Waals surface area contributed by atoms with Crippen molar-refractivity contribution in [1.82, 2.24) is 0 Å². The molecule has 1 aromatic rings. The fourth-order valence-electron chi connectivity index (χ4n) is 2.71. The largest absolute Gasteiger partial charge is 0.489 e. The van der Waals surface area contributed by atoms with E-state index < -0.39 is 6.10 Å². The molecule has 0 bridgehead atoms. The molecule has 0 aliphatic carbocycles. The zero-order valence-corrected chi connectivity index (χ0v) is 13.0. The zero-order chi connectivity index (χ0) is 15.1. The third kappa shape index (κ3) is 5.45. The monoisotopic (exact) mass is 316 g/mol. The number of para-hydroxylation sites is 1. The van der Waals surface area contributed by atoms with Crippen LogP contribution in [0.4, 0.5) is 0 Å². The molecule has 0 saturated carbocycles. The van der Waals surface area contributed by atoms with Crippen molar-refractivity contribution in [3.8, 4) is 5.75 Å². The Morgan fingerprint density at radius 1 is 1.14 bits per heavy atom. The van der Waals surface area contributed by atoms with E-state index in [0.29, 0.717) is 17.3 Å². The summed E-state index contributed by atoms with van der Waals surface area (Å²) in [7, 11) is 0. The van der Waals surface area contributed by atoms with Crippen molar-refractivity contribution >= 4 is 11.6 Å². The number of ether oxygens (including phenoxy) is 1. The van der Waals surface area contributed by atoms with Crippen molar-refractivity contribution in [3.05, 3.63) is 29.3 Å². The van der Waals surface area contributed by atoms with Gasteiger partial charge in [-0.25, -0.2) is 0 Å². The van der Waals surface area contributed by atoms with Gasteiger partial charge in [-0.1, -0.05) is 23.7 Å². The Morgan fingerprint density at radius 2 is 1.81 bits per heavy atom. The van der Waals surface area contributed by atoms with Crippen molar-refractivity contribution in [1.29, 1.82) is 0 Å². The van der Waals surface area contributed by atoms with Gasteiger partial charge in [0.2, 0.25) is 0 Å². The van der Waals surface area contributed by atoms with Gasteiger partial charge in [0, 0.05) is 0 Å². The molecule has 1 fully saturated rings. The zero-order valence-electron chi connectivity index (χ0n) is 12.2. The molecule has 1 atom stereocenters. The van der Waals surface area contributed by atoms with Gasteiger partial charge in [-0.3, -0.25) is 0 Å². The number of aliphatic hydroxyl groups excluding tert-OH is 2. The highest BCUT2D eigenvalue weighted by Crippen LogP contribution is 2.22. The predicted molar refractivity (Wildman–Crippen MR) is 81.2 cm³/mol. The fourth-order valence-corrected chi connectivity index (χ4v) is 2.90. The van der Waals surface area contributed by atoms with Crippen LogP contribution in [0.25, 0.3) is 0 Å². The number of nitrogens with one attached hydrogen (secondary N) is 2. The summed E-state index contributed by atoms with van der Waals surface area (Å²) in [4.78, 5) is 2.84. The number of hydrogen-bond acceptors (Lipinski definition) is 3. The molecule has 1 aliphatic rings. The number of piperazine rings is 1. The molecule has 21 heavy (non-hydrogen) atoms. The van der Waals surface area contributed by atoms with Crippen LogP contribution in [0.3, 0.4) is 0 Å². The molecule has 0 radical (unpaired) electrons. The molecule has 1 aromatic carbocycles. The minimum absolute atomic E-state index is 0.249. The summed E-state index contributed by atoms with van der Waals surface area (Å²) in [5.41, 5.74) is 0. The van der Waals surface area contributed by atoms with Gasteiger partial charge >= 0.3 is 0 Å². The van der Waals surface area contributed by atoms with Crippen LogP contribution < -0.4 is 14.5 Å². The van der Waals surface area contributed by atoms with Crippen molar-refractivity contribution in [3.63, 3.8) is 0 Å². The topological polar surface area (TPSA) is 58.6 Å². The van der Waals surface area contributed by atoms with Crippen LogP contribution >= 0.6 is 11.6 Å². The minimum Gasteiger partial charge on any atom is -0.489 e. The second-order valence-corrected chi connectivity index (χ2v) is 5.98. The molecule has 118 valence electrons. The van der Waals surface area contributed by atoms with E-state index in [0.717, 1.165) is 32.7 Å². The highest BCUT2D eigenvalue weighted by atomic mass is 35.5. The Labute approximate surface area is 130 Å². The molecule has 5 nitrogen and oxygen atoms in total. The lowest BCUT2D eigenvalue weighted by Gasteiger charge is -2.30. The normalized spacial score (nSPS) is 23.8. The molecule has 4 N–H and O–H groups in total. The van der Waals surface area contributed by atoms with Crippen molar-refractivity contribution in [2.24, 2.45) is 0 Å². The molecule has 1 aliphatic heterocycles. The van der Waals surface area contributed by atoms with Crippen LogP contribution in [0.15, 0.2) is 24.3 Å². The van der Waals surface area contributed by atoms with Crippen LogP contribution in [-0.2, 0) is 0 Å². The lowest BCUT2D eigenvalue weighted by molar-refractivity contribution is -1.01. The van der Waals surface area contributed by atoms with Gasteiger partial charge in [-0.05, 0) is 12.1 Å². The summed E-state index contributed by atoms with van der Waals surface area (Å²) in [5.74, 6) is 0.616. The number of quaternary nitrogens is 2. The standard InChI is InChI=1S/C15H23ClN2O3/c16-14-3-1-2-4-15(14)21-12-13(20)11-18-7-5-17(6-8-18)9-10-19/h1-4,13,19-20H,5-12H2/p+2/t13-/m1/s1. The number of rotatable bonds is 7. The van der Waals surface area contributed by atoms with E-state index in [2.05, 4.69) is 0 Å². The molecule has 6 heteroatoms. The van der Waals surface area contributed by atoms with Crippen molar-refractivity contribution in [2.45, 2.75) is 6.10 Å². The van der Waals surface area contributed by atoms with E-state index in [9.17, 15) is 5.11 Å². The van der Waals surface area contributed by atoms with Crippen LogP contribution in [0.5, 0.6) is 5.75 Å². The van der Waals surface area contributed by atoms with Gasteiger partial charge < -0.3 is 24.7 Å². The Morgan fingerprint density at radius 3 is 2.48 bits per heavy atom. The molecule has 1 heterocycles. The first-order chi connectivity index (χ1) is 10.2. The maximum atomic E-state index is 10.1. The first-order valence-corrected chi connectivity index (χ1v) is 7.90. The van der Waals surface area contributed by atoms with Crippen LogP contribution in [0, 0.1) is 0 Å². The van der Waals surface area contributed by atoms with E-state index in [1.54, 1.807) is 12.1 Å². The molecule has 2 rings (SSSR count). The Hall–Kier alpha value is -0.850. The lowest BCUT2D eigenvalue weighted by Crippen LogP contribution is -3.28. The molecular weight excluding hydrogens is 292 g/mol. The van der Waals surface area contributed by atoms with Gasteiger partial charge in [0.15, 0.2) is 0 Å². The number of benzene rings is 1. The average Bonchev–Trinajstić information content (AvgIpc) is 2.49. The first-order valence-electron chi connectivity index (χ1n) is 7.52. The van der Waals surface area contributed by atoms with E-state index >= 15 is 0 Å². The number of hydrogen-bond donors (Lipinski definition) is 4. The van der Waals surface area contributed by atoms with Crippen molar-refractivity contribution < 1.29 is 24.7 Å². The third-order valence-corrected chi connectivity index (χ3v) is 4.23. The van der Waals surface area contributed by atoms with E-state index in [1.807, 2.05) is 12.1 Å². The smallest absolute Gasteiger partial charge is 0.138 e. The maximum Gasteiger partial charge on any atom is 0.138 e. The van der Waals surface area contributed by atoms with Gasteiger partial charge in [-0.15, -0.1) is 0 Å². The Balaban J connectivity index is 1.68. The van der Waals surface area contributed by atoms with E-state index in [-0.39, 0.29) is 13.2 Å². The molecule has 1 saturated heterocycles. The Bertz CT molecular complexity index is 425. The second-order valence-electron chi connectivity index (χ2n) is 5.57. The average molecular weight is 317 g/mol. The third-order valence-electron chi connectivity index (χ3n) is 3.92. The van der Waals surface area contributed by atoms with Crippen LogP contribution in [-0.4, -0.2) is 68.8 Å². The fraction of sp³-hybridized carbons (Fsp3) is 0.600. The van der Waals surface area contributed by atoms with Crippen molar-refractivity contribution in [2.75, 3.05) is 52.5 Å². The van der Waals surface area contributed by atoms with E-state index in [4.69, 9.17) is 21.4 Å². The molecule has 0 amide bonds. The lowest BCUT2D eigenvalue weighted by atomic mass is 10.2. The maximum absolute atomic E-state index is 10.1. The SMILES string of the molecule is OCC[NH+]1CC[NH+](C[C@@H](O)COc2ccccc2Cl)CC1. The predicted octanol–water partition coefficient (Wildman–Crippen LogP) is -2.14. The van der Waals surface area contributed by atoms with Gasteiger partial charge in [0.1, 0.15) is 57.7 Å². The second kappa shape index (κ2) is 8.56. The summed E-state index contributed by atoms with van der Waals surface area (Å²) in [5, 5.41) is 19.6. The highest BCUT2D eigenvalue weighted by Gasteiger charge is 2.24. The summed E-state index contributed by atoms with van der Waals surface area (Å²) >= 11 is 6.01. The molecular formula is C15H25ClN2O3+2. The molecule has 0 spiro atoms. The van der Waals surface area contributed by atoms with Gasteiger partial charge in [0.05, 0.1) is 11.6 Å². The molecule has 0 unspecified atom stereocenters.